The van der Waals surface area contributed by atoms with E-state index in [0.29, 0.717) is 16.3 Å². The maximum absolute atomic E-state index is 12.7. The van der Waals surface area contributed by atoms with E-state index in [-0.39, 0.29) is 5.91 Å². The Labute approximate surface area is 144 Å². The van der Waals surface area contributed by atoms with E-state index in [1.807, 2.05) is 0 Å². The predicted octanol–water partition coefficient (Wildman–Crippen LogP) is 4.01. The monoisotopic (exact) mass is 341 g/mol. The minimum atomic E-state index is -0.253. The number of fused-ring (bicyclic) bond motifs is 2. The first-order valence-corrected chi connectivity index (χ1v) is 9.43. The second-order valence-electron chi connectivity index (χ2n) is 6.47. The van der Waals surface area contributed by atoms with Gasteiger partial charge in [-0.15, -0.1) is 11.3 Å². The van der Waals surface area contributed by atoms with Crippen LogP contribution in [0.1, 0.15) is 69.9 Å². The second-order valence-corrected chi connectivity index (χ2v) is 7.58. The molecule has 0 aromatic carbocycles. The lowest BCUT2D eigenvalue weighted by molar-refractivity contribution is 0.101. The van der Waals surface area contributed by atoms with Gasteiger partial charge in [-0.3, -0.25) is 4.79 Å². The van der Waals surface area contributed by atoms with Crippen LogP contribution in [0.15, 0.2) is 4.52 Å². The van der Waals surface area contributed by atoms with Crippen LogP contribution in [0.4, 0.5) is 5.00 Å². The van der Waals surface area contributed by atoms with Crippen LogP contribution in [-0.4, -0.2) is 11.1 Å². The first-order valence-electron chi connectivity index (χ1n) is 8.61. The molecular weight excluding hydrogens is 322 g/mol. The first kappa shape index (κ1) is 15.4. The van der Waals surface area contributed by atoms with Gasteiger partial charge in [0.15, 0.2) is 5.69 Å². The number of hydrogen-bond donors (Lipinski definition) is 1. The number of hydrogen-bond acceptors (Lipinski definition) is 5. The van der Waals surface area contributed by atoms with Gasteiger partial charge in [0.2, 0.25) is 0 Å². The number of nitrogens with zero attached hydrogens (tertiary/aromatic N) is 2. The first-order chi connectivity index (χ1) is 11.8. The summed E-state index contributed by atoms with van der Waals surface area (Å²) in [5.74, 6) is 0.598. The van der Waals surface area contributed by atoms with E-state index in [4.69, 9.17) is 4.52 Å². The summed E-state index contributed by atoms with van der Waals surface area (Å²) in [6.45, 7) is 0. The zero-order valence-electron chi connectivity index (χ0n) is 13.5. The number of nitriles is 1. The summed E-state index contributed by atoms with van der Waals surface area (Å²) in [6, 6.07) is 2.28. The number of thiophene rings is 1. The van der Waals surface area contributed by atoms with E-state index >= 15 is 0 Å². The van der Waals surface area contributed by atoms with Crippen LogP contribution >= 0.6 is 11.3 Å². The fourth-order valence-corrected chi connectivity index (χ4v) is 4.91. The number of rotatable bonds is 2. The van der Waals surface area contributed by atoms with Crippen LogP contribution in [0.25, 0.3) is 0 Å². The molecule has 0 saturated carbocycles. The number of aryl methyl sites for hydroxylation is 2. The Morgan fingerprint density at radius 2 is 1.83 bits per heavy atom. The normalized spacial score (nSPS) is 16.6. The van der Waals surface area contributed by atoms with Crippen molar-refractivity contribution in [2.75, 3.05) is 5.32 Å². The van der Waals surface area contributed by atoms with Crippen molar-refractivity contribution in [3.8, 4) is 6.07 Å². The molecule has 0 atom stereocenters. The molecule has 0 radical (unpaired) electrons. The van der Waals surface area contributed by atoms with E-state index < -0.39 is 0 Å². The Morgan fingerprint density at radius 3 is 2.71 bits per heavy atom. The summed E-state index contributed by atoms with van der Waals surface area (Å²) < 4.78 is 5.39. The summed E-state index contributed by atoms with van der Waals surface area (Å²) in [5, 5.41) is 17.1. The third kappa shape index (κ3) is 2.63. The van der Waals surface area contributed by atoms with Gasteiger partial charge in [0.05, 0.1) is 5.56 Å². The minimum absolute atomic E-state index is 0.253. The Morgan fingerprint density at radius 1 is 1.08 bits per heavy atom. The van der Waals surface area contributed by atoms with Crippen molar-refractivity contribution in [2.24, 2.45) is 0 Å². The standard InChI is InChI=1S/C18H19N3O2S/c19-10-13-11-6-4-5-9-15(11)24-18(13)20-17(22)16-12-7-2-1-3-8-14(12)23-21-16/h1-9H2,(H,20,22). The Hall–Kier alpha value is -2.13. The minimum Gasteiger partial charge on any atom is -0.360 e. The van der Waals surface area contributed by atoms with Crippen LogP contribution in [-0.2, 0) is 25.7 Å². The highest BCUT2D eigenvalue weighted by atomic mass is 32.1. The smallest absolute Gasteiger partial charge is 0.278 e. The van der Waals surface area contributed by atoms with E-state index in [0.717, 1.165) is 74.7 Å². The van der Waals surface area contributed by atoms with Gasteiger partial charge in [-0.2, -0.15) is 5.26 Å². The molecule has 1 amide bonds. The number of anilines is 1. The lowest BCUT2D eigenvalue weighted by Crippen LogP contribution is -2.14. The number of amides is 1. The van der Waals surface area contributed by atoms with Crippen LogP contribution < -0.4 is 5.32 Å². The molecule has 5 nitrogen and oxygen atoms in total. The van der Waals surface area contributed by atoms with E-state index in [1.165, 1.54) is 4.88 Å². The largest absolute Gasteiger partial charge is 0.360 e. The summed E-state index contributed by atoms with van der Waals surface area (Å²) in [7, 11) is 0. The van der Waals surface area contributed by atoms with Crippen LogP contribution in [0.3, 0.4) is 0 Å². The van der Waals surface area contributed by atoms with E-state index in [9.17, 15) is 10.1 Å². The van der Waals surface area contributed by atoms with Gasteiger partial charge >= 0.3 is 0 Å². The summed E-state index contributed by atoms with van der Waals surface area (Å²) in [5.41, 5.74) is 3.10. The van der Waals surface area contributed by atoms with Gasteiger partial charge in [-0.1, -0.05) is 11.6 Å². The van der Waals surface area contributed by atoms with Gasteiger partial charge in [-0.05, 0) is 50.5 Å². The van der Waals surface area contributed by atoms with E-state index in [1.54, 1.807) is 11.3 Å². The van der Waals surface area contributed by atoms with Crippen molar-refractivity contribution in [3.63, 3.8) is 0 Å². The highest BCUT2D eigenvalue weighted by Crippen LogP contribution is 2.38. The number of carbonyl (C=O) groups excluding carboxylic acids is 1. The molecule has 6 heteroatoms. The van der Waals surface area contributed by atoms with Crippen LogP contribution in [0.5, 0.6) is 0 Å². The average Bonchev–Trinajstić information content (AvgIpc) is 3.07. The zero-order chi connectivity index (χ0) is 16.5. The molecule has 124 valence electrons. The van der Waals surface area contributed by atoms with Crippen molar-refractivity contribution >= 4 is 22.2 Å². The molecule has 24 heavy (non-hydrogen) atoms. The highest BCUT2D eigenvalue weighted by molar-refractivity contribution is 7.16. The molecule has 2 aliphatic rings. The van der Waals surface area contributed by atoms with Crippen molar-refractivity contribution < 1.29 is 9.32 Å². The molecule has 1 N–H and O–H groups in total. The van der Waals surface area contributed by atoms with Gasteiger partial charge in [0.1, 0.15) is 16.8 Å². The van der Waals surface area contributed by atoms with Crippen molar-refractivity contribution in [2.45, 2.75) is 57.8 Å². The molecule has 0 unspecified atom stereocenters. The maximum atomic E-state index is 12.7. The Kier molecular flexibility index (Phi) is 4.11. The fraction of sp³-hybridized carbons (Fsp3) is 0.500. The molecule has 2 aromatic rings. The predicted molar refractivity (Wildman–Crippen MR) is 91.4 cm³/mol. The summed E-state index contributed by atoms with van der Waals surface area (Å²) in [6.07, 6.45) is 9.20. The summed E-state index contributed by atoms with van der Waals surface area (Å²) >= 11 is 1.54. The fourth-order valence-electron chi connectivity index (χ4n) is 3.67. The van der Waals surface area contributed by atoms with Gasteiger partial charge in [0, 0.05) is 16.9 Å². The molecule has 0 fully saturated rings. The van der Waals surface area contributed by atoms with Gasteiger partial charge < -0.3 is 9.84 Å². The topological polar surface area (TPSA) is 78.9 Å². The maximum Gasteiger partial charge on any atom is 0.278 e. The molecule has 2 aromatic heterocycles. The molecule has 0 saturated heterocycles. The quantitative estimate of drug-likeness (QED) is 0.837. The molecular formula is C18H19N3O2S. The van der Waals surface area contributed by atoms with Crippen molar-refractivity contribution in [1.29, 1.82) is 5.26 Å². The highest BCUT2D eigenvalue weighted by Gasteiger charge is 2.26. The lowest BCUT2D eigenvalue weighted by Gasteiger charge is -2.09. The average molecular weight is 341 g/mol. The van der Waals surface area contributed by atoms with Gasteiger partial charge in [-0.25, -0.2) is 0 Å². The Bertz CT molecular complexity index is 828. The third-order valence-corrected chi connectivity index (χ3v) is 6.13. The summed E-state index contributed by atoms with van der Waals surface area (Å²) in [4.78, 5) is 13.9. The van der Waals surface area contributed by atoms with Crippen LogP contribution in [0, 0.1) is 11.3 Å². The second kappa shape index (κ2) is 6.40. The molecule has 0 bridgehead atoms. The molecule has 4 rings (SSSR count). The lowest BCUT2D eigenvalue weighted by atomic mass is 9.96. The van der Waals surface area contributed by atoms with Crippen molar-refractivity contribution in [3.05, 3.63) is 33.0 Å². The molecule has 2 aliphatic carbocycles. The Balaban J connectivity index is 1.62. The van der Waals surface area contributed by atoms with E-state index in [2.05, 4.69) is 16.5 Å². The SMILES string of the molecule is N#Cc1c(NC(=O)c2noc3c2CCCCC3)sc2c1CCCC2. The number of carbonyl (C=O) groups is 1. The zero-order valence-corrected chi connectivity index (χ0v) is 14.3. The molecule has 0 aliphatic heterocycles. The molecule has 0 spiro atoms. The molecule has 2 heterocycles. The van der Waals surface area contributed by atoms with Crippen LogP contribution in [0.2, 0.25) is 0 Å². The van der Waals surface area contributed by atoms with Crippen molar-refractivity contribution in [1.82, 2.24) is 5.16 Å². The number of aromatic nitrogens is 1. The number of nitrogens with one attached hydrogen (secondary N) is 1. The third-order valence-electron chi connectivity index (χ3n) is 4.93. The van der Waals surface area contributed by atoms with Gasteiger partial charge in [0.25, 0.3) is 5.91 Å².